The molecule has 1 aliphatic heterocycles. The molecule has 1 aliphatic rings. The molecule has 30 heavy (non-hydrogen) atoms. The summed E-state index contributed by atoms with van der Waals surface area (Å²) in [6.45, 7) is 0.768. The van der Waals surface area contributed by atoms with Crippen molar-refractivity contribution in [2.75, 3.05) is 26.0 Å². The molecular weight excluding hydrogens is 444 g/mol. The highest BCUT2D eigenvalue weighted by Gasteiger charge is 2.29. The lowest BCUT2D eigenvalue weighted by molar-refractivity contribution is -0.119. The van der Waals surface area contributed by atoms with Crippen LogP contribution < -0.4 is 10.1 Å². The first-order valence-corrected chi connectivity index (χ1v) is 12.6. The number of carbonyl (C=O) groups is 1. The minimum absolute atomic E-state index is 0.00779. The van der Waals surface area contributed by atoms with Crippen LogP contribution in [0.4, 0.5) is 0 Å². The van der Waals surface area contributed by atoms with E-state index >= 15 is 0 Å². The second kappa shape index (κ2) is 10.5. The topological polar surface area (TPSA) is 75.7 Å². The second-order valence-electron chi connectivity index (χ2n) is 7.04. The van der Waals surface area contributed by atoms with Gasteiger partial charge in [-0.05, 0) is 54.8 Å². The van der Waals surface area contributed by atoms with Crippen LogP contribution in [0.1, 0.15) is 18.4 Å². The van der Waals surface area contributed by atoms with E-state index in [1.807, 2.05) is 24.3 Å². The molecule has 0 atom stereocenters. The Morgan fingerprint density at radius 3 is 2.53 bits per heavy atom. The molecule has 9 heteroatoms. The number of rotatable bonds is 8. The maximum Gasteiger partial charge on any atom is 0.243 e. The lowest BCUT2D eigenvalue weighted by Crippen LogP contribution is -2.46. The molecule has 1 amide bonds. The molecule has 0 spiro atoms. The predicted molar refractivity (Wildman–Crippen MR) is 121 cm³/mol. The Balaban J connectivity index is 1.43. The van der Waals surface area contributed by atoms with E-state index in [4.69, 9.17) is 16.3 Å². The third-order valence-electron chi connectivity index (χ3n) is 4.91. The number of sulfonamides is 1. The molecule has 1 fully saturated rings. The minimum Gasteiger partial charge on any atom is -0.497 e. The van der Waals surface area contributed by atoms with Gasteiger partial charge in [0.2, 0.25) is 15.9 Å². The molecule has 0 aliphatic carbocycles. The van der Waals surface area contributed by atoms with Gasteiger partial charge >= 0.3 is 0 Å². The van der Waals surface area contributed by atoms with Crippen molar-refractivity contribution >= 4 is 39.3 Å². The molecule has 3 rings (SSSR count). The number of hydrogen-bond donors (Lipinski definition) is 1. The third-order valence-corrected chi connectivity index (χ3v) is 8.06. The molecule has 0 bridgehead atoms. The number of nitrogens with one attached hydrogen (secondary N) is 1. The number of ether oxygens (including phenoxy) is 1. The van der Waals surface area contributed by atoms with E-state index in [1.54, 1.807) is 31.4 Å². The zero-order valence-electron chi connectivity index (χ0n) is 16.7. The molecule has 2 aromatic carbocycles. The smallest absolute Gasteiger partial charge is 0.243 e. The SMILES string of the molecule is COc1ccc(S(=O)(=O)N2CCC(NC(=O)CSCc3cccc(Cl)c3)CC2)cc1. The van der Waals surface area contributed by atoms with Crippen molar-refractivity contribution in [3.05, 3.63) is 59.1 Å². The Morgan fingerprint density at radius 2 is 1.90 bits per heavy atom. The number of halogens is 1. The van der Waals surface area contributed by atoms with Crippen molar-refractivity contribution < 1.29 is 17.9 Å². The van der Waals surface area contributed by atoms with Crippen molar-refractivity contribution in [2.24, 2.45) is 0 Å². The van der Waals surface area contributed by atoms with Crippen LogP contribution in [-0.4, -0.2) is 50.6 Å². The summed E-state index contributed by atoms with van der Waals surface area (Å²) in [5.41, 5.74) is 1.08. The van der Waals surface area contributed by atoms with Crippen molar-refractivity contribution in [1.82, 2.24) is 9.62 Å². The van der Waals surface area contributed by atoms with E-state index in [9.17, 15) is 13.2 Å². The van der Waals surface area contributed by atoms with Crippen molar-refractivity contribution in [3.8, 4) is 5.75 Å². The first kappa shape index (κ1) is 22.9. The van der Waals surface area contributed by atoms with Gasteiger partial charge in [-0.2, -0.15) is 4.31 Å². The Labute approximate surface area is 187 Å². The van der Waals surface area contributed by atoms with Gasteiger partial charge < -0.3 is 10.1 Å². The molecule has 1 N–H and O–H groups in total. The Kier molecular flexibility index (Phi) is 8.05. The number of thioether (sulfide) groups is 1. The van der Waals surface area contributed by atoms with Crippen LogP contribution in [0.15, 0.2) is 53.4 Å². The maximum atomic E-state index is 12.8. The summed E-state index contributed by atoms with van der Waals surface area (Å²) in [5.74, 6) is 1.66. The van der Waals surface area contributed by atoms with Crippen LogP contribution >= 0.6 is 23.4 Å². The molecule has 0 unspecified atom stereocenters. The van der Waals surface area contributed by atoms with Gasteiger partial charge in [0.25, 0.3) is 0 Å². The van der Waals surface area contributed by atoms with Crippen LogP contribution in [-0.2, 0) is 20.6 Å². The summed E-state index contributed by atoms with van der Waals surface area (Å²) < 4.78 is 32.2. The highest BCUT2D eigenvalue weighted by Crippen LogP contribution is 2.23. The molecule has 1 saturated heterocycles. The normalized spacial score (nSPS) is 15.7. The Morgan fingerprint density at radius 1 is 1.20 bits per heavy atom. The van der Waals surface area contributed by atoms with Crippen molar-refractivity contribution in [3.63, 3.8) is 0 Å². The first-order valence-electron chi connectivity index (χ1n) is 9.64. The van der Waals surface area contributed by atoms with E-state index in [0.29, 0.717) is 48.2 Å². The highest BCUT2D eigenvalue weighted by atomic mass is 35.5. The zero-order chi connectivity index (χ0) is 21.6. The van der Waals surface area contributed by atoms with Gasteiger partial charge in [0.15, 0.2) is 0 Å². The van der Waals surface area contributed by atoms with E-state index in [-0.39, 0.29) is 16.8 Å². The van der Waals surface area contributed by atoms with Crippen molar-refractivity contribution in [2.45, 2.75) is 29.5 Å². The van der Waals surface area contributed by atoms with Gasteiger partial charge in [-0.15, -0.1) is 11.8 Å². The predicted octanol–water partition coefficient (Wildman–Crippen LogP) is 3.55. The van der Waals surface area contributed by atoms with Gasteiger partial charge in [0.05, 0.1) is 17.8 Å². The van der Waals surface area contributed by atoms with Crippen LogP contribution in [0.2, 0.25) is 5.02 Å². The quantitative estimate of drug-likeness (QED) is 0.641. The summed E-state index contributed by atoms with van der Waals surface area (Å²) in [6, 6.07) is 14.0. The maximum absolute atomic E-state index is 12.8. The van der Waals surface area contributed by atoms with Crippen LogP contribution in [0.3, 0.4) is 0 Å². The largest absolute Gasteiger partial charge is 0.497 e. The number of benzene rings is 2. The summed E-state index contributed by atoms with van der Waals surface area (Å²) in [6.07, 6.45) is 1.19. The Bertz CT molecular complexity index is 959. The van der Waals surface area contributed by atoms with Gasteiger partial charge in [0, 0.05) is 29.9 Å². The molecule has 162 valence electrons. The summed E-state index contributed by atoms with van der Waals surface area (Å²) >= 11 is 7.50. The average Bonchev–Trinajstić information content (AvgIpc) is 2.74. The lowest BCUT2D eigenvalue weighted by Gasteiger charge is -2.31. The first-order chi connectivity index (χ1) is 14.4. The number of methoxy groups -OCH3 is 1. The number of carbonyl (C=O) groups excluding carboxylic acids is 1. The van der Waals surface area contributed by atoms with Gasteiger partial charge in [-0.3, -0.25) is 4.79 Å². The number of piperidine rings is 1. The third kappa shape index (κ3) is 6.14. The molecule has 6 nitrogen and oxygen atoms in total. The van der Waals surface area contributed by atoms with Gasteiger partial charge in [-0.1, -0.05) is 23.7 Å². The number of nitrogens with zero attached hydrogens (tertiary/aromatic N) is 1. The van der Waals surface area contributed by atoms with E-state index in [1.165, 1.54) is 16.1 Å². The van der Waals surface area contributed by atoms with E-state index < -0.39 is 10.0 Å². The number of hydrogen-bond acceptors (Lipinski definition) is 5. The molecular formula is C21H25ClN2O4S2. The Hall–Kier alpha value is -1.74. The second-order valence-corrected chi connectivity index (χ2v) is 10.4. The highest BCUT2D eigenvalue weighted by molar-refractivity contribution is 7.99. The fourth-order valence-electron chi connectivity index (χ4n) is 3.29. The van der Waals surface area contributed by atoms with E-state index in [2.05, 4.69) is 5.32 Å². The summed E-state index contributed by atoms with van der Waals surface area (Å²) in [7, 11) is -2.00. The van der Waals surface area contributed by atoms with Gasteiger partial charge in [-0.25, -0.2) is 8.42 Å². The van der Waals surface area contributed by atoms with Crippen LogP contribution in [0, 0.1) is 0 Å². The molecule has 2 aromatic rings. The summed E-state index contributed by atoms with van der Waals surface area (Å²) in [5, 5.41) is 3.71. The molecule has 0 saturated carbocycles. The molecule has 0 radical (unpaired) electrons. The fraction of sp³-hybridized carbons (Fsp3) is 0.381. The van der Waals surface area contributed by atoms with Crippen molar-refractivity contribution in [1.29, 1.82) is 0 Å². The lowest BCUT2D eigenvalue weighted by atomic mass is 10.1. The van der Waals surface area contributed by atoms with Gasteiger partial charge in [0.1, 0.15) is 5.75 Å². The average molecular weight is 469 g/mol. The number of amides is 1. The van der Waals surface area contributed by atoms with E-state index in [0.717, 1.165) is 5.56 Å². The monoisotopic (exact) mass is 468 g/mol. The van der Waals surface area contributed by atoms with Crippen LogP contribution in [0.5, 0.6) is 5.75 Å². The summed E-state index contributed by atoms with van der Waals surface area (Å²) in [4.78, 5) is 12.5. The zero-order valence-corrected chi connectivity index (χ0v) is 19.1. The van der Waals surface area contributed by atoms with Crippen LogP contribution in [0.25, 0.3) is 0 Å². The molecule has 1 heterocycles. The molecule has 0 aromatic heterocycles. The standard InChI is InChI=1S/C21H25ClN2O4S2/c1-28-19-5-7-20(8-6-19)30(26,27)24-11-9-18(10-12-24)23-21(25)15-29-14-16-3-2-4-17(22)13-16/h2-8,13,18H,9-12,14-15H2,1H3,(H,23,25). The minimum atomic E-state index is -3.54. The fourth-order valence-corrected chi connectivity index (χ4v) is 5.76.